The van der Waals surface area contributed by atoms with Gasteiger partial charge in [-0.3, -0.25) is 0 Å². The predicted molar refractivity (Wildman–Crippen MR) is 56.8 cm³/mol. The Balaban J connectivity index is 2.25. The lowest BCUT2D eigenvalue weighted by Crippen LogP contribution is -2.35. The average Bonchev–Trinajstić information content (AvgIpc) is 2.72. The molecule has 1 aromatic carbocycles. The van der Waals surface area contributed by atoms with Gasteiger partial charge in [0.1, 0.15) is 5.75 Å². The fourth-order valence-corrected chi connectivity index (χ4v) is 1.67. The number of nitrogens with one attached hydrogen (secondary N) is 1. The van der Waals surface area contributed by atoms with Crippen LogP contribution in [0.4, 0.5) is 4.79 Å². The third kappa shape index (κ3) is 2.15. The molecule has 0 aromatic heterocycles. The lowest BCUT2D eigenvalue weighted by Gasteiger charge is -2.13. The Hall–Kier alpha value is -2.24. The number of hydrogen-bond donors (Lipinski definition) is 2. The third-order valence-electron chi connectivity index (χ3n) is 2.52. The van der Waals surface area contributed by atoms with Crippen molar-refractivity contribution in [3.05, 3.63) is 29.8 Å². The molecule has 0 saturated carbocycles. The molecule has 0 radical (unpaired) electrons. The van der Waals surface area contributed by atoms with Gasteiger partial charge in [0.25, 0.3) is 0 Å². The van der Waals surface area contributed by atoms with E-state index in [0.717, 1.165) is 0 Å². The minimum Gasteiger partial charge on any atom is -0.497 e. The third-order valence-corrected chi connectivity index (χ3v) is 2.52. The number of alkyl carbamates (subject to hydrolysis) is 1. The number of hydrogen-bond acceptors (Lipinski definition) is 4. The average molecular weight is 237 g/mol. The minimum atomic E-state index is -1.13. The van der Waals surface area contributed by atoms with Crippen LogP contribution in [0.15, 0.2) is 24.3 Å². The number of rotatable bonds is 3. The van der Waals surface area contributed by atoms with Gasteiger partial charge in [0.2, 0.25) is 0 Å². The Morgan fingerprint density at radius 3 is 2.59 bits per heavy atom. The molecule has 1 amide bonds. The van der Waals surface area contributed by atoms with Gasteiger partial charge < -0.3 is 19.9 Å². The van der Waals surface area contributed by atoms with E-state index in [1.807, 2.05) is 0 Å². The van der Waals surface area contributed by atoms with Crippen LogP contribution in [0.1, 0.15) is 11.7 Å². The normalized spacial score (nSPS) is 22.8. The number of carbonyl (C=O) groups is 2. The second kappa shape index (κ2) is 4.32. The number of ether oxygens (including phenoxy) is 2. The number of amides is 1. The second-order valence-electron chi connectivity index (χ2n) is 3.56. The number of carboxylic acids is 1. The maximum atomic E-state index is 11.0. The molecule has 1 aliphatic rings. The fourth-order valence-electron chi connectivity index (χ4n) is 1.67. The van der Waals surface area contributed by atoms with Gasteiger partial charge >= 0.3 is 12.1 Å². The zero-order valence-electron chi connectivity index (χ0n) is 9.04. The topological polar surface area (TPSA) is 84.9 Å². The summed E-state index contributed by atoms with van der Waals surface area (Å²) < 4.78 is 9.91. The van der Waals surface area contributed by atoms with Crippen LogP contribution >= 0.6 is 0 Å². The van der Waals surface area contributed by atoms with Crippen molar-refractivity contribution in [3.8, 4) is 5.75 Å². The fraction of sp³-hybridized carbons (Fsp3) is 0.273. The monoisotopic (exact) mass is 237 g/mol. The van der Waals surface area contributed by atoms with E-state index in [0.29, 0.717) is 11.3 Å². The van der Waals surface area contributed by atoms with E-state index in [-0.39, 0.29) is 0 Å². The van der Waals surface area contributed by atoms with E-state index in [9.17, 15) is 9.59 Å². The molecule has 1 aromatic rings. The molecule has 0 aliphatic carbocycles. The molecule has 0 unspecified atom stereocenters. The van der Waals surface area contributed by atoms with Gasteiger partial charge in [-0.15, -0.1) is 0 Å². The first kappa shape index (κ1) is 11.3. The second-order valence-corrected chi connectivity index (χ2v) is 3.56. The maximum Gasteiger partial charge on any atom is 0.408 e. The molecule has 2 atom stereocenters. The summed E-state index contributed by atoms with van der Waals surface area (Å²) in [4.78, 5) is 22.0. The van der Waals surface area contributed by atoms with E-state index >= 15 is 0 Å². The van der Waals surface area contributed by atoms with Gasteiger partial charge in [0.05, 0.1) is 7.11 Å². The molecule has 1 aliphatic heterocycles. The Labute approximate surface area is 97.1 Å². The SMILES string of the molecule is COc1ccc([C@H]2OC(=O)N[C@H]2C(=O)O)cc1. The number of carbonyl (C=O) groups excluding carboxylic acids is 1. The molecule has 2 rings (SSSR count). The number of aliphatic carboxylic acids is 1. The van der Waals surface area contributed by atoms with E-state index in [2.05, 4.69) is 5.32 Å². The van der Waals surface area contributed by atoms with Crippen molar-refractivity contribution in [3.63, 3.8) is 0 Å². The van der Waals surface area contributed by atoms with Crippen LogP contribution in [0, 0.1) is 0 Å². The summed E-state index contributed by atoms with van der Waals surface area (Å²) in [7, 11) is 1.53. The van der Waals surface area contributed by atoms with Crippen LogP contribution in [0.2, 0.25) is 0 Å². The molecule has 1 fully saturated rings. The Kier molecular flexibility index (Phi) is 2.86. The Morgan fingerprint density at radius 1 is 1.41 bits per heavy atom. The molecule has 6 nitrogen and oxygen atoms in total. The van der Waals surface area contributed by atoms with Gasteiger partial charge in [-0.1, -0.05) is 12.1 Å². The van der Waals surface area contributed by atoms with E-state index < -0.39 is 24.2 Å². The van der Waals surface area contributed by atoms with E-state index in [1.54, 1.807) is 24.3 Å². The largest absolute Gasteiger partial charge is 0.497 e. The molecule has 90 valence electrons. The van der Waals surface area contributed by atoms with Crippen LogP contribution in [-0.4, -0.2) is 30.3 Å². The van der Waals surface area contributed by atoms with Crippen LogP contribution in [-0.2, 0) is 9.53 Å². The van der Waals surface area contributed by atoms with Crippen molar-refractivity contribution in [2.45, 2.75) is 12.1 Å². The highest BCUT2D eigenvalue weighted by Crippen LogP contribution is 2.27. The summed E-state index contributed by atoms with van der Waals surface area (Å²) in [5.41, 5.74) is 0.608. The van der Waals surface area contributed by atoms with Crippen LogP contribution in [0.3, 0.4) is 0 Å². The first-order valence-corrected chi connectivity index (χ1v) is 4.95. The first-order valence-electron chi connectivity index (χ1n) is 4.95. The summed E-state index contributed by atoms with van der Waals surface area (Å²) in [6, 6.07) is 5.64. The molecule has 1 saturated heterocycles. The first-order chi connectivity index (χ1) is 8.11. The Bertz CT molecular complexity index is 442. The molecule has 6 heteroatoms. The molecular weight excluding hydrogens is 226 g/mol. The predicted octanol–water partition coefficient (Wildman–Crippen LogP) is 0.929. The number of methoxy groups -OCH3 is 1. The van der Waals surface area contributed by atoms with Crippen molar-refractivity contribution in [2.75, 3.05) is 7.11 Å². The van der Waals surface area contributed by atoms with Gasteiger partial charge in [-0.25, -0.2) is 9.59 Å². The van der Waals surface area contributed by atoms with Gasteiger partial charge in [0, 0.05) is 0 Å². The maximum absolute atomic E-state index is 11.0. The minimum absolute atomic E-state index is 0.608. The Morgan fingerprint density at radius 2 is 2.06 bits per heavy atom. The molecule has 0 spiro atoms. The molecule has 1 heterocycles. The molecular formula is C11H11NO5. The highest BCUT2D eigenvalue weighted by Gasteiger charge is 2.40. The number of benzene rings is 1. The van der Waals surface area contributed by atoms with Gasteiger partial charge in [-0.05, 0) is 17.7 Å². The van der Waals surface area contributed by atoms with E-state index in [4.69, 9.17) is 14.6 Å². The highest BCUT2D eigenvalue weighted by molar-refractivity contribution is 5.84. The van der Waals surface area contributed by atoms with Crippen molar-refractivity contribution < 1.29 is 24.2 Å². The van der Waals surface area contributed by atoms with Crippen LogP contribution in [0.25, 0.3) is 0 Å². The van der Waals surface area contributed by atoms with Crippen LogP contribution in [0.5, 0.6) is 5.75 Å². The van der Waals surface area contributed by atoms with Gasteiger partial charge in [-0.2, -0.15) is 0 Å². The van der Waals surface area contributed by atoms with Crippen molar-refractivity contribution >= 4 is 12.1 Å². The molecule has 2 N–H and O–H groups in total. The summed E-state index contributed by atoms with van der Waals surface area (Å²) in [6.45, 7) is 0. The summed E-state index contributed by atoms with van der Waals surface area (Å²) in [5, 5.41) is 11.2. The van der Waals surface area contributed by atoms with E-state index in [1.165, 1.54) is 7.11 Å². The van der Waals surface area contributed by atoms with Crippen molar-refractivity contribution in [1.29, 1.82) is 0 Å². The lowest BCUT2D eigenvalue weighted by atomic mass is 10.0. The number of cyclic esters (lactones) is 1. The summed E-state index contributed by atoms with van der Waals surface area (Å²) in [6.07, 6.45) is -1.54. The number of carboxylic acid groups (broad SMARTS) is 1. The molecule has 0 bridgehead atoms. The van der Waals surface area contributed by atoms with Gasteiger partial charge in [0.15, 0.2) is 12.1 Å². The summed E-state index contributed by atoms with van der Waals surface area (Å²) in [5.74, 6) is -0.477. The zero-order valence-corrected chi connectivity index (χ0v) is 9.04. The van der Waals surface area contributed by atoms with Crippen molar-refractivity contribution in [2.24, 2.45) is 0 Å². The summed E-state index contributed by atoms with van der Waals surface area (Å²) >= 11 is 0. The quantitative estimate of drug-likeness (QED) is 0.816. The van der Waals surface area contributed by atoms with Crippen molar-refractivity contribution in [1.82, 2.24) is 5.32 Å². The molecule has 17 heavy (non-hydrogen) atoms. The van der Waals surface area contributed by atoms with Crippen LogP contribution < -0.4 is 10.1 Å². The zero-order chi connectivity index (χ0) is 12.4. The standard InChI is InChI=1S/C11H11NO5/c1-16-7-4-2-6(3-5-7)9-8(10(13)14)12-11(15)17-9/h2-5,8-9H,1H3,(H,12,15)(H,13,14)/t8-,9-/m1/s1. The smallest absolute Gasteiger partial charge is 0.408 e. The highest BCUT2D eigenvalue weighted by atomic mass is 16.6. The lowest BCUT2D eigenvalue weighted by molar-refractivity contribution is -0.140.